The van der Waals surface area contributed by atoms with Crippen molar-refractivity contribution in [3.63, 3.8) is 0 Å². The molecule has 0 aliphatic carbocycles. The van der Waals surface area contributed by atoms with Crippen LogP contribution in [-0.4, -0.2) is 35.8 Å². The van der Waals surface area contributed by atoms with Crippen molar-refractivity contribution >= 4 is 28.6 Å². The molecular formula is C17H22N4O3. The third-order valence-electron chi connectivity index (χ3n) is 3.57. The average Bonchev–Trinajstić information content (AvgIpc) is 2.97. The van der Waals surface area contributed by atoms with Crippen LogP contribution < -0.4 is 11.1 Å². The number of ether oxygens (including phenoxy) is 1. The van der Waals surface area contributed by atoms with Gasteiger partial charge in [0.05, 0.1) is 6.61 Å². The molecule has 0 saturated heterocycles. The zero-order valence-corrected chi connectivity index (χ0v) is 13.6. The Balaban J connectivity index is 1.85. The highest BCUT2D eigenvalue weighted by Gasteiger charge is 2.10. The molecule has 1 amide bonds. The van der Waals surface area contributed by atoms with Crippen LogP contribution in [0.15, 0.2) is 24.3 Å². The number of nitrogens with two attached hydrogens (primary N) is 1. The van der Waals surface area contributed by atoms with Crippen LogP contribution in [0.1, 0.15) is 42.2 Å². The lowest BCUT2D eigenvalue weighted by atomic mass is 10.1. The summed E-state index contributed by atoms with van der Waals surface area (Å²) in [5.74, 6) is -0.418. The van der Waals surface area contributed by atoms with Gasteiger partial charge in [-0.05, 0) is 44.0 Å². The van der Waals surface area contributed by atoms with Gasteiger partial charge in [0.1, 0.15) is 11.5 Å². The lowest BCUT2D eigenvalue weighted by molar-refractivity contribution is -0.143. The molecule has 2 rings (SSSR count). The number of carbonyl (C=O) groups excluding carboxylic acids is 2. The molecule has 128 valence electrons. The van der Waals surface area contributed by atoms with Crippen molar-refractivity contribution in [3.8, 4) is 0 Å². The highest BCUT2D eigenvalue weighted by Crippen LogP contribution is 2.17. The van der Waals surface area contributed by atoms with E-state index in [0.29, 0.717) is 43.7 Å². The number of nitrogens with one attached hydrogen (secondary N) is 3. The first kappa shape index (κ1) is 17.5. The van der Waals surface area contributed by atoms with Gasteiger partial charge in [0, 0.05) is 29.4 Å². The first-order chi connectivity index (χ1) is 11.5. The molecule has 0 unspecified atom stereocenters. The van der Waals surface area contributed by atoms with Crippen LogP contribution in [0.3, 0.4) is 0 Å². The molecule has 2 aromatic rings. The molecule has 0 fully saturated rings. The van der Waals surface area contributed by atoms with Gasteiger partial charge in [-0.25, -0.2) is 0 Å². The molecule has 7 nitrogen and oxygen atoms in total. The average molecular weight is 330 g/mol. The van der Waals surface area contributed by atoms with Crippen molar-refractivity contribution in [2.75, 3.05) is 13.2 Å². The molecule has 1 heterocycles. The Morgan fingerprint density at radius 1 is 1.29 bits per heavy atom. The van der Waals surface area contributed by atoms with Gasteiger partial charge in [-0.2, -0.15) is 0 Å². The fourth-order valence-corrected chi connectivity index (χ4v) is 2.35. The standard InChI is InChI=1S/C17H22N4O3/c1-2-24-15(22)5-3-4-8-20-17(23)14-10-12-9-11(16(18)19)6-7-13(12)21-14/h6-7,9-10,21H,2-5,8H2,1H3,(H3,18,19)(H,20,23). The number of carbonyl (C=O) groups is 2. The minimum absolute atomic E-state index is 0.00861. The summed E-state index contributed by atoms with van der Waals surface area (Å²) in [7, 11) is 0. The Morgan fingerprint density at radius 2 is 2.08 bits per heavy atom. The highest BCUT2D eigenvalue weighted by atomic mass is 16.5. The summed E-state index contributed by atoms with van der Waals surface area (Å²) in [6, 6.07) is 7.03. The number of unbranched alkanes of at least 4 members (excludes halogenated alkanes) is 1. The number of hydrogen-bond acceptors (Lipinski definition) is 4. The number of esters is 1. The molecular weight excluding hydrogens is 308 g/mol. The minimum atomic E-state index is -0.208. The van der Waals surface area contributed by atoms with Crippen molar-refractivity contribution in [2.24, 2.45) is 5.73 Å². The highest BCUT2D eigenvalue weighted by molar-refractivity contribution is 6.02. The van der Waals surface area contributed by atoms with E-state index in [1.54, 1.807) is 31.2 Å². The fraction of sp³-hybridized carbons (Fsp3) is 0.353. The van der Waals surface area contributed by atoms with E-state index in [1.807, 2.05) is 0 Å². The van der Waals surface area contributed by atoms with Gasteiger partial charge in [0.15, 0.2) is 0 Å². The van der Waals surface area contributed by atoms with Crippen LogP contribution in [0.2, 0.25) is 0 Å². The van der Waals surface area contributed by atoms with Gasteiger partial charge in [-0.3, -0.25) is 15.0 Å². The second-order valence-electron chi connectivity index (χ2n) is 5.42. The van der Waals surface area contributed by atoms with Gasteiger partial charge < -0.3 is 20.8 Å². The van der Waals surface area contributed by atoms with Gasteiger partial charge in [0.25, 0.3) is 5.91 Å². The number of amidine groups is 1. The second kappa shape index (κ2) is 8.14. The summed E-state index contributed by atoms with van der Waals surface area (Å²) in [6.45, 7) is 2.66. The lowest BCUT2D eigenvalue weighted by Crippen LogP contribution is -2.24. The lowest BCUT2D eigenvalue weighted by Gasteiger charge is -2.04. The van der Waals surface area contributed by atoms with Crippen LogP contribution in [0.5, 0.6) is 0 Å². The molecule has 1 aromatic heterocycles. The summed E-state index contributed by atoms with van der Waals surface area (Å²) in [5.41, 5.74) is 7.35. The van der Waals surface area contributed by atoms with Crippen molar-refractivity contribution in [1.29, 1.82) is 5.41 Å². The monoisotopic (exact) mass is 330 g/mol. The second-order valence-corrected chi connectivity index (χ2v) is 5.42. The quantitative estimate of drug-likeness (QED) is 0.256. The molecule has 1 aromatic carbocycles. The number of fused-ring (bicyclic) bond motifs is 1. The zero-order valence-electron chi connectivity index (χ0n) is 13.6. The number of hydrogen-bond donors (Lipinski definition) is 4. The SMILES string of the molecule is CCOC(=O)CCCCNC(=O)c1cc2cc(C(=N)N)ccc2[nH]1. The van der Waals surface area contributed by atoms with Crippen molar-refractivity contribution in [2.45, 2.75) is 26.2 Å². The molecule has 0 radical (unpaired) electrons. The number of benzene rings is 1. The van der Waals surface area contributed by atoms with E-state index in [0.717, 1.165) is 10.9 Å². The minimum Gasteiger partial charge on any atom is -0.466 e. The van der Waals surface area contributed by atoms with Gasteiger partial charge >= 0.3 is 5.97 Å². The van der Waals surface area contributed by atoms with E-state index in [2.05, 4.69) is 10.3 Å². The van der Waals surface area contributed by atoms with Crippen LogP contribution >= 0.6 is 0 Å². The van der Waals surface area contributed by atoms with E-state index in [9.17, 15) is 9.59 Å². The van der Waals surface area contributed by atoms with Crippen molar-refractivity contribution in [1.82, 2.24) is 10.3 Å². The Bertz CT molecular complexity index is 751. The Kier molecular flexibility index (Phi) is 5.95. The van der Waals surface area contributed by atoms with E-state index in [-0.39, 0.29) is 17.7 Å². The van der Waals surface area contributed by atoms with Crippen LogP contribution in [-0.2, 0) is 9.53 Å². The van der Waals surface area contributed by atoms with E-state index < -0.39 is 0 Å². The Morgan fingerprint density at radius 3 is 2.79 bits per heavy atom. The maximum atomic E-state index is 12.1. The third kappa shape index (κ3) is 4.58. The van der Waals surface area contributed by atoms with Crippen molar-refractivity contribution < 1.29 is 14.3 Å². The molecule has 7 heteroatoms. The first-order valence-electron chi connectivity index (χ1n) is 7.92. The zero-order chi connectivity index (χ0) is 17.5. The number of H-pyrrole nitrogens is 1. The number of nitrogen functional groups attached to an aromatic ring is 1. The molecule has 0 atom stereocenters. The fourth-order valence-electron chi connectivity index (χ4n) is 2.35. The Labute approximate surface area is 140 Å². The molecule has 0 spiro atoms. The number of rotatable bonds is 8. The maximum Gasteiger partial charge on any atom is 0.305 e. The van der Waals surface area contributed by atoms with E-state index in [1.165, 1.54) is 0 Å². The molecule has 0 saturated carbocycles. The first-order valence-corrected chi connectivity index (χ1v) is 7.92. The van der Waals surface area contributed by atoms with Gasteiger partial charge in [-0.1, -0.05) is 0 Å². The predicted octanol–water partition coefficient (Wildman–Crippen LogP) is 1.92. The maximum absolute atomic E-state index is 12.1. The normalized spacial score (nSPS) is 10.5. The molecule has 5 N–H and O–H groups in total. The summed E-state index contributed by atoms with van der Waals surface area (Å²) in [5, 5.41) is 11.1. The predicted molar refractivity (Wildman–Crippen MR) is 92.1 cm³/mol. The topological polar surface area (TPSA) is 121 Å². The summed E-state index contributed by atoms with van der Waals surface area (Å²) in [4.78, 5) is 26.4. The number of amides is 1. The largest absolute Gasteiger partial charge is 0.466 e. The van der Waals surface area contributed by atoms with Crippen LogP contribution in [0, 0.1) is 5.41 Å². The van der Waals surface area contributed by atoms with Crippen LogP contribution in [0.4, 0.5) is 0 Å². The van der Waals surface area contributed by atoms with Crippen molar-refractivity contribution in [3.05, 3.63) is 35.5 Å². The van der Waals surface area contributed by atoms with Crippen LogP contribution in [0.25, 0.3) is 10.9 Å². The van der Waals surface area contributed by atoms with Gasteiger partial charge in [-0.15, -0.1) is 0 Å². The Hall–Kier alpha value is -2.83. The summed E-state index contributed by atoms with van der Waals surface area (Å²) >= 11 is 0. The molecule has 24 heavy (non-hydrogen) atoms. The smallest absolute Gasteiger partial charge is 0.305 e. The summed E-state index contributed by atoms with van der Waals surface area (Å²) < 4.78 is 4.84. The third-order valence-corrected chi connectivity index (χ3v) is 3.57. The van der Waals surface area contributed by atoms with E-state index >= 15 is 0 Å². The summed E-state index contributed by atoms with van der Waals surface area (Å²) in [6.07, 6.45) is 1.75. The molecule has 0 aliphatic rings. The molecule has 0 bridgehead atoms. The number of aromatic nitrogens is 1. The molecule has 0 aliphatic heterocycles. The van der Waals surface area contributed by atoms with E-state index in [4.69, 9.17) is 15.9 Å². The number of aromatic amines is 1. The van der Waals surface area contributed by atoms with Gasteiger partial charge in [0.2, 0.25) is 0 Å².